The van der Waals surface area contributed by atoms with Crippen molar-refractivity contribution in [3.63, 3.8) is 0 Å². The highest BCUT2D eigenvalue weighted by Gasteiger charge is 2.10. The molecule has 0 saturated carbocycles. The van der Waals surface area contributed by atoms with E-state index in [1.54, 1.807) is 6.07 Å². The number of aromatic hydroxyl groups is 1. The standard InChI is InChI=1S/C18H13N5O3S/c19-27(25,26)12-7-5-11(6-8-12)22-23-15-9-10-16(24)18-17(15)20-13-3-1-2-4-14(13)21-18/h1-10,24H,(H2,19,25,26). The smallest absolute Gasteiger partial charge is 0.238 e. The van der Waals surface area contributed by atoms with E-state index < -0.39 is 10.0 Å². The van der Waals surface area contributed by atoms with Crippen LogP contribution in [0.2, 0.25) is 0 Å². The Kier molecular flexibility index (Phi) is 4.02. The van der Waals surface area contributed by atoms with Gasteiger partial charge in [0.1, 0.15) is 22.5 Å². The molecular weight excluding hydrogens is 366 g/mol. The van der Waals surface area contributed by atoms with Crippen LogP contribution in [-0.2, 0) is 10.0 Å². The zero-order chi connectivity index (χ0) is 19.0. The fraction of sp³-hybridized carbons (Fsp3) is 0. The number of primary sulfonamides is 1. The van der Waals surface area contributed by atoms with Gasteiger partial charge in [0.15, 0.2) is 0 Å². The number of aromatic nitrogens is 2. The van der Waals surface area contributed by atoms with Gasteiger partial charge in [-0.15, -0.1) is 5.11 Å². The van der Waals surface area contributed by atoms with E-state index >= 15 is 0 Å². The first kappa shape index (κ1) is 17.0. The maximum atomic E-state index is 11.3. The summed E-state index contributed by atoms with van der Waals surface area (Å²) in [6, 6.07) is 16.1. The average Bonchev–Trinajstić information content (AvgIpc) is 2.66. The minimum absolute atomic E-state index is 0.000270. The second-order valence-corrected chi connectivity index (χ2v) is 7.31. The van der Waals surface area contributed by atoms with Crippen molar-refractivity contribution < 1.29 is 13.5 Å². The van der Waals surface area contributed by atoms with Gasteiger partial charge < -0.3 is 5.11 Å². The molecule has 0 aliphatic rings. The predicted molar refractivity (Wildman–Crippen MR) is 101 cm³/mol. The van der Waals surface area contributed by atoms with Crippen molar-refractivity contribution >= 4 is 43.5 Å². The van der Waals surface area contributed by atoms with Gasteiger partial charge in [-0.05, 0) is 48.5 Å². The van der Waals surface area contributed by atoms with E-state index in [0.29, 0.717) is 33.4 Å². The van der Waals surface area contributed by atoms with Crippen LogP contribution in [0.1, 0.15) is 0 Å². The maximum Gasteiger partial charge on any atom is 0.238 e. The largest absolute Gasteiger partial charge is 0.506 e. The average molecular weight is 379 g/mol. The summed E-state index contributed by atoms with van der Waals surface area (Å²) in [5.74, 6) is -0.000270. The Morgan fingerprint density at radius 3 is 2.07 bits per heavy atom. The highest BCUT2D eigenvalue weighted by atomic mass is 32.2. The van der Waals surface area contributed by atoms with E-state index in [9.17, 15) is 13.5 Å². The molecule has 0 bridgehead atoms. The first-order chi connectivity index (χ1) is 12.9. The SMILES string of the molecule is NS(=O)(=O)c1ccc(N=Nc2ccc(O)c3nc4ccccc4nc23)cc1. The zero-order valence-electron chi connectivity index (χ0n) is 13.8. The lowest BCUT2D eigenvalue weighted by molar-refractivity contribution is 0.480. The highest BCUT2D eigenvalue weighted by molar-refractivity contribution is 7.89. The molecule has 8 nitrogen and oxygen atoms in total. The van der Waals surface area contributed by atoms with Gasteiger partial charge in [0.05, 0.1) is 21.6 Å². The predicted octanol–water partition coefficient (Wildman–Crippen LogP) is 3.55. The van der Waals surface area contributed by atoms with Crippen LogP contribution in [0.4, 0.5) is 11.4 Å². The number of phenols is 1. The van der Waals surface area contributed by atoms with E-state index in [-0.39, 0.29) is 10.6 Å². The second-order valence-electron chi connectivity index (χ2n) is 5.75. The fourth-order valence-corrected chi connectivity index (χ4v) is 3.08. The molecule has 3 aromatic carbocycles. The lowest BCUT2D eigenvalue weighted by Gasteiger charge is -2.05. The molecule has 134 valence electrons. The summed E-state index contributed by atoms with van der Waals surface area (Å²) < 4.78 is 22.6. The van der Waals surface area contributed by atoms with Gasteiger partial charge >= 0.3 is 0 Å². The third kappa shape index (κ3) is 3.33. The number of para-hydroxylation sites is 2. The molecule has 0 fully saturated rings. The molecule has 0 aliphatic heterocycles. The van der Waals surface area contributed by atoms with E-state index in [0.717, 1.165) is 0 Å². The number of rotatable bonds is 3. The van der Waals surface area contributed by atoms with Crippen LogP contribution in [-0.4, -0.2) is 23.5 Å². The van der Waals surface area contributed by atoms with Gasteiger partial charge in [-0.2, -0.15) is 5.11 Å². The number of sulfonamides is 1. The van der Waals surface area contributed by atoms with Crippen LogP contribution < -0.4 is 5.14 Å². The molecule has 0 aliphatic carbocycles. The van der Waals surface area contributed by atoms with Crippen LogP contribution in [0.5, 0.6) is 5.75 Å². The third-order valence-electron chi connectivity index (χ3n) is 3.89. The molecule has 0 saturated heterocycles. The summed E-state index contributed by atoms with van der Waals surface area (Å²) in [6.45, 7) is 0. The van der Waals surface area contributed by atoms with Crippen molar-refractivity contribution in [1.29, 1.82) is 0 Å². The number of hydrogen-bond acceptors (Lipinski definition) is 7. The van der Waals surface area contributed by atoms with Crippen LogP contribution in [0, 0.1) is 0 Å². The van der Waals surface area contributed by atoms with E-state index in [1.165, 1.54) is 30.3 Å². The summed E-state index contributed by atoms with van der Waals surface area (Å²) in [5, 5.41) is 23.5. The highest BCUT2D eigenvalue weighted by Crippen LogP contribution is 2.32. The van der Waals surface area contributed by atoms with Gasteiger partial charge in [0.2, 0.25) is 10.0 Å². The molecule has 9 heteroatoms. The molecule has 0 spiro atoms. The number of hydrogen-bond donors (Lipinski definition) is 2. The van der Waals surface area contributed by atoms with Crippen molar-refractivity contribution in [1.82, 2.24) is 9.97 Å². The van der Waals surface area contributed by atoms with Gasteiger partial charge in [-0.3, -0.25) is 0 Å². The number of benzene rings is 3. The molecule has 1 heterocycles. The number of phenolic OH excluding ortho intramolecular Hbond substituents is 1. The Morgan fingerprint density at radius 1 is 0.815 bits per heavy atom. The third-order valence-corrected chi connectivity index (χ3v) is 4.82. The molecule has 4 rings (SSSR count). The van der Waals surface area contributed by atoms with Crippen molar-refractivity contribution in [2.24, 2.45) is 15.4 Å². The van der Waals surface area contributed by atoms with Crippen LogP contribution >= 0.6 is 0 Å². The first-order valence-electron chi connectivity index (χ1n) is 7.85. The molecule has 3 N–H and O–H groups in total. The van der Waals surface area contributed by atoms with Gasteiger partial charge in [0, 0.05) is 0 Å². The van der Waals surface area contributed by atoms with Crippen LogP contribution in [0.25, 0.3) is 22.1 Å². The molecule has 1 aromatic heterocycles. The Morgan fingerprint density at radius 2 is 1.44 bits per heavy atom. The molecule has 0 amide bonds. The van der Waals surface area contributed by atoms with Crippen molar-refractivity contribution in [3.05, 3.63) is 60.7 Å². The molecule has 0 unspecified atom stereocenters. The molecular formula is C18H13N5O3S. The fourth-order valence-electron chi connectivity index (χ4n) is 2.57. The van der Waals surface area contributed by atoms with E-state index in [1.807, 2.05) is 24.3 Å². The zero-order valence-corrected chi connectivity index (χ0v) is 14.6. The van der Waals surface area contributed by atoms with Crippen molar-refractivity contribution in [2.75, 3.05) is 0 Å². The van der Waals surface area contributed by atoms with Crippen molar-refractivity contribution in [2.45, 2.75) is 4.90 Å². The van der Waals surface area contributed by atoms with Crippen LogP contribution in [0.3, 0.4) is 0 Å². The topological polar surface area (TPSA) is 131 Å². The summed E-state index contributed by atoms with van der Waals surface area (Å²) in [7, 11) is -3.76. The molecule has 0 atom stereocenters. The summed E-state index contributed by atoms with van der Waals surface area (Å²) in [5.41, 5.74) is 2.94. The Balaban J connectivity index is 1.78. The van der Waals surface area contributed by atoms with Gasteiger partial charge in [-0.25, -0.2) is 23.5 Å². The van der Waals surface area contributed by atoms with Gasteiger partial charge in [0.25, 0.3) is 0 Å². The lowest BCUT2D eigenvalue weighted by Crippen LogP contribution is -2.11. The Hall–Kier alpha value is -3.43. The Labute approximate surface area is 154 Å². The monoisotopic (exact) mass is 379 g/mol. The first-order valence-corrected chi connectivity index (χ1v) is 9.39. The van der Waals surface area contributed by atoms with Gasteiger partial charge in [-0.1, -0.05) is 12.1 Å². The minimum Gasteiger partial charge on any atom is -0.506 e. The summed E-state index contributed by atoms with van der Waals surface area (Å²) >= 11 is 0. The minimum atomic E-state index is -3.76. The normalized spacial score (nSPS) is 12.2. The maximum absolute atomic E-state index is 11.3. The number of azo groups is 1. The molecule has 0 radical (unpaired) electrons. The van der Waals surface area contributed by atoms with Crippen LogP contribution in [0.15, 0.2) is 75.8 Å². The molecule has 4 aromatic rings. The lowest BCUT2D eigenvalue weighted by atomic mass is 10.2. The Bertz CT molecular complexity index is 1300. The quantitative estimate of drug-likeness (QED) is 0.415. The van der Waals surface area contributed by atoms with E-state index in [4.69, 9.17) is 5.14 Å². The number of fused-ring (bicyclic) bond motifs is 2. The van der Waals surface area contributed by atoms with E-state index in [2.05, 4.69) is 20.2 Å². The number of nitrogens with two attached hydrogens (primary N) is 1. The summed E-state index contributed by atoms with van der Waals surface area (Å²) in [6.07, 6.45) is 0. The molecule has 27 heavy (non-hydrogen) atoms. The second kappa shape index (κ2) is 6.38. The summed E-state index contributed by atoms with van der Waals surface area (Å²) in [4.78, 5) is 8.96. The number of nitrogens with zero attached hydrogens (tertiary/aromatic N) is 4. The van der Waals surface area contributed by atoms with Crippen molar-refractivity contribution in [3.8, 4) is 5.75 Å².